The van der Waals surface area contributed by atoms with Crippen LogP contribution in [0.3, 0.4) is 0 Å². The lowest BCUT2D eigenvalue weighted by atomic mass is 10.0. The average Bonchev–Trinajstić information content (AvgIpc) is 3.12. The Morgan fingerprint density at radius 1 is 0.358 bits per heavy atom. The van der Waals surface area contributed by atoms with Crippen LogP contribution >= 0.6 is 0 Å². The van der Waals surface area contributed by atoms with Crippen molar-refractivity contribution in [1.82, 2.24) is 0 Å². The smallest absolute Gasteiger partial charge is 0.306 e. The average molecular weight is 751 g/mol. The highest BCUT2D eigenvalue weighted by Gasteiger charge is 2.19. The van der Waals surface area contributed by atoms with Crippen molar-refractivity contribution in [2.24, 2.45) is 11.8 Å². The van der Waals surface area contributed by atoms with Crippen LogP contribution in [0.1, 0.15) is 253 Å². The number of hydrogen-bond acceptors (Lipinski definition) is 6. The molecule has 0 aliphatic carbocycles. The molecule has 0 aromatic heterocycles. The first-order chi connectivity index (χ1) is 25.7. The third-order valence-corrected chi connectivity index (χ3v) is 10.5. The molecule has 0 saturated carbocycles. The number of ether oxygens (including phenoxy) is 3. The molecule has 314 valence electrons. The van der Waals surface area contributed by atoms with Crippen molar-refractivity contribution in [3.63, 3.8) is 0 Å². The number of rotatable bonds is 41. The lowest BCUT2D eigenvalue weighted by molar-refractivity contribution is -0.167. The summed E-state index contributed by atoms with van der Waals surface area (Å²) in [5, 5.41) is 0. The van der Waals surface area contributed by atoms with Crippen molar-refractivity contribution < 1.29 is 28.6 Å². The van der Waals surface area contributed by atoms with E-state index < -0.39 is 6.10 Å². The van der Waals surface area contributed by atoms with E-state index in [2.05, 4.69) is 34.6 Å². The van der Waals surface area contributed by atoms with Gasteiger partial charge < -0.3 is 14.2 Å². The number of hydrogen-bond donors (Lipinski definition) is 0. The van der Waals surface area contributed by atoms with E-state index in [1.165, 1.54) is 141 Å². The lowest BCUT2D eigenvalue weighted by Gasteiger charge is -2.18. The van der Waals surface area contributed by atoms with Gasteiger partial charge in [-0.15, -0.1) is 0 Å². The second kappa shape index (κ2) is 40.1. The van der Waals surface area contributed by atoms with Gasteiger partial charge in [-0.2, -0.15) is 0 Å². The van der Waals surface area contributed by atoms with Crippen LogP contribution < -0.4 is 0 Å². The van der Waals surface area contributed by atoms with Crippen LogP contribution in [-0.2, 0) is 28.6 Å². The van der Waals surface area contributed by atoms with Crippen molar-refractivity contribution in [3.8, 4) is 0 Å². The molecule has 6 heteroatoms. The van der Waals surface area contributed by atoms with E-state index in [9.17, 15) is 14.4 Å². The Morgan fingerprint density at radius 3 is 0.925 bits per heavy atom. The van der Waals surface area contributed by atoms with E-state index in [0.717, 1.165) is 69.6 Å². The standard InChI is InChI=1S/C47H90O6/c1-6-7-8-9-10-11-16-22-27-32-37-45(48)51-40-44(41-52-46(49)38-33-28-23-19-18-21-26-31-36-43(4)5)53-47(50)39-34-29-24-17-14-12-13-15-20-25-30-35-42(2)3/h42-44H,6-41H2,1-5H3/t44-/m1/s1. The normalized spacial score (nSPS) is 12.1. The molecular weight excluding hydrogens is 661 g/mol. The van der Waals surface area contributed by atoms with Gasteiger partial charge in [0.25, 0.3) is 0 Å². The van der Waals surface area contributed by atoms with Crippen LogP contribution in [0.4, 0.5) is 0 Å². The molecule has 1 atom stereocenters. The van der Waals surface area contributed by atoms with Crippen LogP contribution in [0.15, 0.2) is 0 Å². The molecule has 53 heavy (non-hydrogen) atoms. The Bertz CT molecular complexity index is 809. The Labute approximate surface area is 329 Å². The molecule has 0 radical (unpaired) electrons. The third-order valence-electron chi connectivity index (χ3n) is 10.5. The second-order valence-corrected chi connectivity index (χ2v) is 17.0. The minimum absolute atomic E-state index is 0.0650. The Morgan fingerprint density at radius 2 is 0.623 bits per heavy atom. The monoisotopic (exact) mass is 751 g/mol. The van der Waals surface area contributed by atoms with Gasteiger partial charge in [-0.1, -0.05) is 214 Å². The zero-order chi connectivity index (χ0) is 39.0. The number of unbranched alkanes of at least 4 members (excludes halogenated alkanes) is 26. The molecule has 0 unspecified atom stereocenters. The first-order valence-corrected chi connectivity index (χ1v) is 23.2. The molecular formula is C47H90O6. The van der Waals surface area contributed by atoms with Crippen LogP contribution in [0.25, 0.3) is 0 Å². The topological polar surface area (TPSA) is 78.9 Å². The van der Waals surface area contributed by atoms with E-state index in [0.29, 0.717) is 19.3 Å². The SMILES string of the molecule is CCCCCCCCCCCCC(=O)OC[C@H](COC(=O)CCCCCCCCCCC(C)C)OC(=O)CCCCCCCCCCCCCC(C)C. The van der Waals surface area contributed by atoms with Gasteiger partial charge in [-0.25, -0.2) is 0 Å². The largest absolute Gasteiger partial charge is 0.462 e. The van der Waals surface area contributed by atoms with Crippen molar-refractivity contribution >= 4 is 17.9 Å². The summed E-state index contributed by atoms with van der Waals surface area (Å²) >= 11 is 0. The molecule has 0 saturated heterocycles. The summed E-state index contributed by atoms with van der Waals surface area (Å²) in [5.41, 5.74) is 0. The van der Waals surface area contributed by atoms with Gasteiger partial charge in [-0.05, 0) is 31.1 Å². The minimum atomic E-state index is -0.760. The molecule has 0 aliphatic heterocycles. The van der Waals surface area contributed by atoms with E-state index >= 15 is 0 Å². The molecule has 0 heterocycles. The molecule has 0 spiro atoms. The number of carbonyl (C=O) groups is 3. The highest BCUT2D eigenvalue weighted by atomic mass is 16.6. The summed E-state index contributed by atoms with van der Waals surface area (Å²) in [7, 11) is 0. The van der Waals surface area contributed by atoms with Crippen molar-refractivity contribution in [1.29, 1.82) is 0 Å². The molecule has 0 aromatic carbocycles. The minimum Gasteiger partial charge on any atom is -0.462 e. The van der Waals surface area contributed by atoms with Gasteiger partial charge in [0.05, 0.1) is 0 Å². The number of esters is 3. The molecule has 0 fully saturated rings. The zero-order valence-electron chi connectivity index (χ0n) is 36.1. The quantitative estimate of drug-likeness (QED) is 0.0352. The van der Waals surface area contributed by atoms with Crippen molar-refractivity contribution in [3.05, 3.63) is 0 Å². The molecule has 0 amide bonds. The predicted octanol–water partition coefficient (Wildman–Crippen LogP) is 14.6. The fourth-order valence-electron chi connectivity index (χ4n) is 6.93. The van der Waals surface area contributed by atoms with Crippen molar-refractivity contribution in [2.45, 2.75) is 259 Å². The fraction of sp³-hybridized carbons (Fsp3) is 0.936. The second-order valence-electron chi connectivity index (χ2n) is 17.0. The van der Waals surface area contributed by atoms with Gasteiger partial charge in [0, 0.05) is 19.3 Å². The Hall–Kier alpha value is -1.59. The molecule has 0 aliphatic rings. The molecule has 6 nitrogen and oxygen atoms in total. The fourth-order valence-corrected chi connectivity index (χ4v) is 6.93. The maximum atomic E-state index is 12.7. The van der Waals surface area contributed by atoms with E-state index in [1.807, 2.05) is 0 Å². The zero-order valence-corrected chi connectivity index (χ0v) is 36.1. The van der Waals surface area contributed by atoms with Crippen molar-refractivity contribution in [2.75, 3.05) is 13.2 Å². The maximum absolute atomic E-state index is 12.7. The molecule has 0 N–H and O–H groups in total. The van der Waals surface area contributed by atoms with Gasteiger partial charge in [0.2, 0.25) is 0 Å². The number of carbonyl (C=O) groups excluding carboxylic acids is 3. The van der Waals surface area contributed by atoms with E-state index in [-0.39, 0.29) is 31.1 Å². The summed E-state index contributed by atoms with van der Waals surface area (Å²) in [4.78, 5) is 37.7. The first-order valence-electron chi connectivity index (χ1n) is 23.2. The Balaban J connectivity index is 4.33. The van der Waals surface area contributed by atoms with E-state index in [4.69, 9.17) is 14.2 Å². The van der Waals surface area contributed by atoms with Crippen LogP contribution in [0.2, 0.25) is 0 Å². The predicted molar refractivity (Wildman–Crippen MR) is 224 cm³/mol. The highest BCUT2D eigenvalue weighted by molar-refractivity contribution is 5.71. The molecule has 0 aromatic rings. The summed E-state index contributed by atoms with van der Waals surface area (Å²) in [6.07, 6.45) is 38.0. The summed E-state index contributed by atoms with van der Waals surface area (Å²) < 4.78 is 16.7. The molecule has 0 bridgehead atoms. The summed E-state index contributed by atoms with van der Waals surface area (Å²) in [6.45, 7) is 11.3. The highest BCUT2D eigenvalue weighted by Crippen LogP contribution is 2.16. The first kappa shape index (κ1) is 51.4. The van der Waals surface area contributed by atoms with Gasteiger partial charge in [0.15, 0.2) is 6.10 Å². The Kier molecular flexibility index (Phi) is 38.9. The van der Waals surface area contributed by atoms with Crippen LogP contribution in [0, 0.1) is 11.8 Å². The lowest BCUT2D eigenvalue weighted by Crippen LogP contribution is -2.30. The maximum Gasteiger partial charge on any atom is 0.306 e. The van der Waals surface area contributed by atoms with Gasteiger partial charge in [-0.3, -0.25) is 14.4 Å². The van der Waals surface area contributed by atoms with Gasteiger partial charge in [0.1, 0.15) is 13.2 Å². The summed E-state index contributed by atoms with van der Waals surface area (Å²) in [5.74, 6) is 0.763. The van der Waals surface area contributed by atoms with Crippen LogP contribution in [-0.4, -0.2) is 37.2 Å². The third kappa shape index (κ3) is 41.4. The van der Waals surface area contributed by atoms with Gasteiger partial charge >= 0.3 is 17.9 Å². The van der Waals surface area contributed by atoms with E-state index in [1.54, 1.807) is 0 Å². The summed E-state index contributed by atoms with van der Waals surface area (Å²) in [6, 6.07) is 0. The van der Waals surface area contributed by atoms with Crippen LogP contribution in [0.5, 0.6) is 0 Å². The molecule has 0 rings (SSSR count).